The van der Waals surface area contributed by atoms with Gasteiger partial charge in [0.1, 0.15) is 5.82 Å². The Hall–Kier alpha value is -0.340. The molecule has 0 fully saturated rings. The van der Waals surface area contributed by atoms with Gasteiger partial charge in [-0.1, -0.05) is 18.2 Å². The molecule has 0 saturated heterocycles. The molecule has 0 spiro atoms. The van der Waals surface area contributed by atoms with Gasteiger partial charge in [-0.3, -0.25) is 0 Å². The van der Waals surface area contributed by atoms with Crippen molar-refractivity contribution in [2.45, 2.75) is 6.42 Å². The van der Waals surface area contributed by atoms with Crippen molar-refractivity contribution in [3.63, 3.8) is 0 Å². The zero-order valence-electron chi connectivity index (χ0n) is 6.93. The molecule has 0 amide bonds. The monoisotopic (exact) mass is 262 g/mol. The Labute approximate surface area is 90.5 Å². The molecule has 0 unspecified atom stereocenters. The van der Waals surface area contributed by atoms with Crippen LogP contribution in [-0.2, 0) is 0 Å². The van der Waals surface area contributed by atoms with E-state index in [4.69, 9.17) is 11.6 Å². The first-order valence-corrected chi connectivity index (χ1v) is 5.24. The lowest BCUT2D eigenvalue weighted by molar-refractivity contribution is 0.621. The highest BCUT2D eigenvalue weighted by atomic mass is 79.9. The van der Waals surface area contributed by atoms with Gasteiger partial charge in [0.2, 0.25) is 0 Å². The number of alkyl halides is 1. The zero-order chi connectivity index (χ0) is 9.68. The van der Waals surface area contributed by atoms with Crippen molar-refractivity contribution in [2.24, 2.45) is 0 Å². The molecule has 0 aliphatic heterocycles. The smallest absolute Gasteiger partial charge is 0.137 e. The van der Waals surface area contributed by atoms with Crippen LogP contribution in [0.1, 0.15) is 12.0 Å². The van der Waals surface area contributed by atoms with E-state index in [0.717, 1.165) is 12.0 Å². The molecule has 0 aliphatic rings. The maximum Gasteiger partial charge on any atom is 0.137 e. The van der Waals surface area contributed by atoms with Crippen molar-refractivity contribution in [2.75, 3.05) is 5.88 Å². The summed E-state index contributed by atoms with van der Waals surface area (Å²) in [7, 11) is 0. The van der Waals surface area contributed by atoms with Crippen LogP contribution in [0.15, 0.2) is 28.7 Å². The first-order chi connectivity index (χ1) is 6.24. The fourth-order valence-corrected chi connectivity index (χ4v) is 1.27. The molecule has 70 valence electrons. The average Bonchev–Trinajstić information content (AvgIpc) is 2.12. The summed E-state index contributed by atoms with van der Waals surface area (Å²) in [6.07, 6.45) is 4.59. The maximum absolute atomic E-state index is 13.0. The van der Waals surface area contributed by atoms with Crippen LogP contribution in [0.5, 0.6) is 0 Å². The normalized spacial score (nSPS) is 11.0. The largest absolute Gasteiger partial charge is 0.206 e. The Bertz CT molecular complexity index is 310. The third-order valence-corrected chi connectivity index (χ3v) is 2.39. The van der Waals surface area contributed by atoms with Crippen LogP contribution in [0.25, 0.3) is 6.08 Å². The van der Waals surface area contributed by atoms with Crippen molar-refractivity contribution in [3.05, 3.63) is 40.1 Å². The van der Waals surface area contributed by atoms with Crippen LogP contribution in [-0.4, -0.2) is 5.88 Å². The van der Waals surface area contributed by atoms with Crippen LogP contribution in [0.2, 0.25) is 0 Å². The van der Waals surface area contributed by atoms with E-state index in [1.165, 1.54) is 6.07 Å². The van der Waals surface area contributed by atoms with Gasteiger partial charge < -0.3 is 0 Å². The van der Waals surface area contributed by atoms with Crippen molar-refractivity contribution < 1.29 is 4.39 Å². The topological polar surface area (TPSA) is 0 Å². The molecule has 0 nitrogen and oxygen atoms in total. The van der Waals surface area contributed by atoms with Crippen LogP contribution < -0.4 is 0 Å². The molecular formula is C10H9BrClF. The molecule has 1 rings (SSSR count). The summed E-state index contributed by atoms with van der Waals surface area (Å²) < 4.78 is 13.5. The lowest BCUT2D eigenvalue weighted by Gasteiger charge is -1.96. The van der Waals surface area contributed by atoms with Crippen molar-refractivity contribution in [1.82, 2.24) is 0 Å². The zero-order valence-corrected chi connectivity index (χ0v) is 9.28. The van der Waals surface area contributed by atoms with E-state index in [1.54, 1.807) is 6.07 Å². The molecule has 1 aromatic rings. The van der Waals surface area contributed by atoms with Gasteiger partial charge in [0.05, 0.1) is 4.47 Å². The van der Waals surface area contributed by atoms with Crippen molar-refractivity contribution in [3.8, 4) is 0 Å². The first kappa shape index (κ1) is 10.7. The molecule has 0 radical (unpaired) electrons. The summed E-state index contributed by atoms with van der Waals surface area (Å²) in [4.78, 5) is 0. The molecule has 1 aromatic carbocycles. The maximum atomic E-state index is 13.0. The Morgan fingerprint density at radius 1 is 1.46 bits per heavy atom. The number of allylic oxidation sites excluding steroid dienone is 1. The summed E-state index contributed by atoms with van der Waals surface area (Å²) in [6, 6.07) is 5.02. The Kier molecular flexibility index (Phi) is 4.46. The minimum atomic E-state index is -0.243. The standard InChI is InChI=1S/C10H9BrClF/c11-9-5-4-8(7-10(9)13)3-1-2-6-12/h1,3-5,7H,2,6H2. The second-order valence-electron chi connectivity index (χ2n) is 2.55. The third-order valence-electron chi connectivity index (χ3n) is 1.53. The van der Waals surface area contributed by atoms with Crippen molar-refractivity contribution >= 4 is 33.6 Å². The highest BCUT2D eigenvalue weighted by Gasteiger charge is 1.97. The summed E-state index contributed by atoms with van der Waals surface area (Å²) in [5.74, 6) is 0.350. The quantitative estimate of drug-likeness (QED) is 0.716. The van der Waals surface area contributed by atoms with Gasteiger partial charge in [-0.05, 0) is 40.0 Å². The fraction of sp³-hybridized carbons (Fsp3) is 0.200. The number of halogens is 3. The highest BCUT2D eigenvalue weighted by Crippen LogP contribution is 2.17. The number of hydrogen-bond donors (Lipinski definition) is 0. The number of rotatable bonds is 3. The minimum absolute atomic E-state index is 0.243. The predicted molar refractivity (Wildman–Crippen MR) is 58.5 cm³/mol. The van der Waals surface area contributed by atoms with E-state index in [2.05, 4.69) is 15.9 Å². The van der Waals surface area contributed by atoms with Crippen LogP contribution in [0, 0.1) is 5.82 Å². The molecule has 0 aliphatic carbocycles. The summed E-state index contributed by atoms with van der Waals surface area (Å²) >= 11 is 8.58. The second kappa shape index (κ2) is 5.40. The van der Waals surface area contributed by atoms with Gasteiger partial charge in [0, 0.05) is 5.88 Å². The molecule has 0 saturated carbocycles. The van der Waals surface area contributed by atoms with Crippen molar-refractivity contribution in [1.29, 1.82) is 0 Å². The molecule has 0 heterocycles. The Morgan fingerprint density at radius 2 is 2.23 bits per heavy atom. The van der Waals surface area contributed by atoms with E-state index >= 15 is 0 Å². The summed E-state index contributed by atoms with van der Waals surface area (Å²) in [6.45, 7) is 0. The van der Waals surface area contributed by atoms with E-state index in [1.807, 2.05) is 18.2 Å². The van der Waals surface area contributed by atoms with Crippen LogP contribution >= 0.6 is 27.5 Å². The van der Waals surface area contributed by atoms with E-state index in [9.17, 15) is 4.39 Å². The SMILES string of the molecule is Fc1cc(C=CCCCl)ccc1Br. The van der Waals surface area contributed by atoms with Gasteiger partial charge in [-0.2, -0.15) is 0 Å². The van der Waals surface area contributed by atoms with Crippen LogP contribution in [0.3, 0.4) is 0 Å². The average molecular weight is 264 g/mol. The summed E-state index contributed by atoms with van der Waals surface area (Å²) in [5, 5.41) is 0. The highest BCUT2D eigenvalue weighted by molar-refractivity contribution is 9.10. The fourth-order valence-electron chi connectivity index (χ4n) is 0.898. The van der Waals surface area contributed by atoms with E-state index in [-0.39, 0.29) is 5.82 Å². The Morgan fingerprint density at radius 3 is 2.85 bits per heavy atom. The molecule has 0 bridgehead atoms. The lowest BCUT2D eigenvalue weighted by Crippen LogP contribution is -1.79. The molecule has 13 heavy (non-hydrogen) atoms. The summed E-state index contributed by atoms with van der Waals surface area (Å²) in [5.41, 5.74) is 0.853. The number of benzene rings is 1. The molecule has 3 heteroatoms. The second-order valence-corrected chi connectivity index (χ2v) is 3.79. The van der Waals surface area contributed by atoms with Gasteiger partial charge in [0.25, 0.3) is 0 Å². The van der Waals surface area contributed by atoms with Gasteiger partial charge in [-0.25, -0.2) is 4.39 Å². The lowest BCUT2D eigenvalue weighted by atomic mass is 10.2. The molecule has 0 aromatic heterocycles. The number of hydrogen-bond acceptors (Lipinski definition) is 0. The van der Waals surface area contributed by atoms with Gasteiger partial charge in [0.15, 0.2) is 0 Å². The predicted octanol–water partition coefficient (Wildman–Crippen LogP) is 4.23. The third kappa shape index (κ3) is 3.49. The molecular weight excluding hydrogens is 254 g/mol. The van der Waals surface area contributed by atoms with Crippen LogP contribution in [0.4, 0.5) is 4.39 Å². The van der Waals surface area contributed by atoms with E-state index in [0.29, 0.717) is 10.4 Å². The van der Waals surface area contributed by atoms with E-state index < -0.39 is 0 Å². The first-order valence-electron chi connectivity index (χ1n) is 3.91. The molecule has 0 N–H and O–H groups in total. The Balaban J connectivity index is 2.73. The molecule has 0 atom stereocenters. The van der Waals surface area contributed by atoms with Gasteiger partial charge in [-0.15, -0.1) is 11.6 Å². The minimum Gasteiger partial charge on any atom is -0.206 e. The van der Waals surface area contributed by atoms with Gasteiger partial charge >= 0.3 is 0 Å².